The van der Waals surface area contributed by atoms with Crippen LogP contribution >= 0.6 is 0 Å². The van der Waals surface area contributed by atoms with E-state index in [1.807, 2.05) is 30.3 Å². The van der Waals surface area contributed by atoms with Gasteiger partial charge in [-0.3, -0.25) is 10.0 Å². The second-order valence-corrected chi connectivity index (χ2v) is 5.38. The molecule has 0 atom stereocenters. The third-order valence-corrected chi connectivity index (χ3v) is 3.88. The molecule has 4 nitrogen and oxygen atoms in total. The zero-order valence-corrected chi connectivity index (χ0v) is 12.0. The molecule has 2 aromatic carbocycles. The molecule has 1 aliphatic rings. The molecule has 0 saturated heterocycles. The molecule has 2 aromatic rings. The minimum atomic E-state index is -0.174. The molecule has 0 amide bonds. The van der Waals surface area contributed by atoms with E-state index in [-0.39, 0.29) is 16.7 Å². The number of carbonyl (C=O) groups excluding carboxylic acids is 1. The Labute approximate surface area is 128 Å². The number of fused-ring (bicyclic) bond motifs is 1. The smallest absolute Gasteiger partial charge is 0.189 e. The van der Waals surface area contributed by atoms with E-state index in [0.717, 1.165) is 35.1 Å². The van der Waals surface area contributed by atoms with Gasteiger partial charge in [-0.1, -0.05) is 36.4 Å². The van der Waals surface area contributed by atoms with E-state index in [2.05, 4.69) is 0 Å². The highest BCUT2D eigenvalue weighted by molar-refractivity contribution is 6.12. The van der Waals surface area contributed by atoms with Crippen molar-refractivity contribution in [1.82, 2.24) is 0 Å². The van der Waals surface area contributed by atoms with Gasteiger partial charge < -0.3 is 10.4 Å². The van der Waals surface area contributed by atoms with Crippen molar-refractivity contribution >= 4 is 17.5 Å². The van der Waals surface area contributed by atoms with Gasteiger partial charge in [0, 0.05) is 11.1 Å². The molecule has 0 radical (unpaired) electrons. The van der Waals surface area contributed by atoms with E-state index >= 15 is 0 Å². The van der Waals surface area contributed by atoms with Crippen LogP contribution in [0.3, 0.4) is 0 Å². The van der Waals surface area contributed by atoms with E-state index in [1.165, 1.54) is 6.07 Å². The molecule has 0 saturated carbocycles. The van der Waals surface area contributed by atoms with Gasteiger partial charge in [-0.25, -0.2) is 0 Å². The number of Topliss-reactive ketones (excluding diaryl/α,β-unsaturated/α-hetero) is 1. The van der Waals surface area contributed by atoms with Gasteiger partial charge in [0.15, 0.2) is 5.78 Å². The minimum absolute atomic E-state index is 0.0430. The van der Waals surface area contributed by atoms with Crippen LogP contribution in [0.4, 0.5) is 5.69 Å². The summed E-state index contributed by atoms with van der Waals surface area (Å²) in [5.41, 5.74) is 3.46. The number of rotatable bonds is 2. The maximum absolute atomic E-state index is 12.7. The van der Waals surface area contributed by atoms with Crippen molar-refractivity contribution in [2.75, 3.05) is 5.23 Å². The number of aryl methyl sites for hydroxylation is 1. The van der Waals surface area contributed by atoms with Crippen LogP contribution in [0, 0.1) is 5.21 Å². The molecule has 1 aliphatic carbocycles. The van der Waals surface area contributed by atoms with Crippen molar-refractivity contribution in [3.8, 4) is 0 Å². The predicted octanol–water partition coefficient (Wildman–Crippen LogP) is 3.98. The van der Waals surface area contributed by atoms with Crippen molar-refractivity contribution in [2.45, 2.75) is 19.3 Å². The van der Waals surface area contributed by atoms with Crippen molar-refractivity contribution in [2.24, 2.45) is 0 Å². The van der Waals surface area contributed by atoms with Crippen molar-refractivity contribution in [3.05, 3.63) is 76.0 Å². The van der Waals surface area contributed by atoms with Gasteiger partial charge in [0.2, 0.25) is 0 Å². The number of carbonyl (C=O) groups is 1. The molecule has 0 fully saturated rings. The summed E-state index contributed by atoms with van der Waals surface area (Å²) >= 11 is 0. The summed E-state index contributed by atoms with van der Waals surface area (Å²) in [6.45, 7) is 0. The van der Waals surface area contributed by atoms with Crippen LogP contribution in [-0.2, 0) is 6.42 Å². The van der Waals surface area contributed by atoms with Gasteiger partial charge >= 0.3 is 0 Å². The van der Waals surface area contributed by atoms with Crippen LogP contribution in [0.15, 0.2) is 54.1 Å². The lowest BCUT2D eigenvalue weighted by molar-refractivity contribution is 0.103. The molecule has 0 bridgehead atoms. The van der Waals surface area contributed by atoms with Crippen molar-refractivity contribution < 1.29 is 10.0 Å². The highest BCUT2D eigenvalue weighted by Crippen LogP contribution is 2.26. The first-order valence-corrected chi connectivity index (χ1v) is 7.24. The molecule has 112 valence electrons. The van der Waals surface area contributed by atoms with Crippen LogP contribution < -0.4 is 5.23 Å². The number of benzene rings is 2. The minimum Gasteiger partial charge on any atom is -0.733 e. The van der Waals surface area contributed by atoms with Crippen LogP contribution in [0.1, 0.15) is 34.3 Å². The van der Waals surface area contributed by atoms with Crippen molar-refractivity contribution in [3.63, 3.8) is 0 Å². The SMILES string of the molecule is O=C1/C(=C/c2cccc(N([O-])O)c2)CCCc2ccccc21. The summed E-state index contributed by atoms with van der Waals surface area (Å²) in [7, 11) is 0. The van der Waals surface area contributed by atoms with Gasteiger partial charge in [0.05, 0.1) is 5.69 Å². The second-order valence-electron chi connectivity index (χ2n) is 5.38. The number of nitrogens with zero attached hydrogens (tertiary/aromatic N) is 1. The third kappa shape index (κ3) is 2.93. The van der Waals surface area contributed by atoms with E-state index in [1.54, 1.807) is 18.2 Å². The lowest BCUT2D eigenvalue weighted by Gasteiger charge is -2.21. The molecular formula is C18H16NO3-. The van der Waals surface area contributed by atoms with Gasteiger partial charge in [0.25, 0.3) is 0 Å². The standard InChI is InChI=1S/C18H16NO3/c20-18-15(8-4-7-14-6-1-2-10-17(14)18)11-13-5-3-9-16(12-13)19(21)22/h1-3,5-6,9-12,21H,4,7-8H2/q-1/b15-11+. The highest BCUT2D eigenvalue weighted by atomic mass is 16.8. The van der Waals surface area contributed by atoms with Crippen LogP contribution in [-0.4, -0.2) is 11.0 Å². The molecule has 1 N–H and O–H groups in total. The number of anilines is 1. The summed E-state index contributed by atoms with van der Waals surface area (Å²) < 4.78 is 0. The average molecular weight is 294 g/mol. The van der Waals surface area contributed by atoms with Crippen LogP contribution in [0.25, 0.3) is 6.08 Å². The van der Waals surface area contributed by atoms with Gasteiger partial charge in [0.1, 0.15) is 0 Å². The monoisotopic (exact) mass is 294 g/mol. The molecule has 22 heavy (non-hydrogen) atoms. The Balaban J connectivity index is 1.98. The van der Waals surface area contributed by atoms with E-state index in [4.69, 9.17) is 5.21 Å². The maximum Gasteiger partial charge on any atom is 0.189 e. The number of ketones is 1. The Morgan fingerprint density at radius 2 is 1.91 bits per heavy atom. The van der Waals surface area contributed by atoms with Gasteiger partial charge in [-0.2, -0.15) is 0 Å². The Morgan fingerprint density at radius 1 is 1.09 bits per heavy atom. The Hall–Kier alpha value is -2.43. The van der Waals surface area contributed by atoms with Crippen LogP contribution in [0.2, 0.25) is 0 Å². The molecule has 0 spiro atoms. The fraction of sp³-hybridized carbons (Fsp3) is 0.167. The number of hydrogen-bond donors (Lipinski definition) is 1. The Bertz CT molecular complexity index is 735. The Morgan fingerprint density at radius 3 is 2.73 bits per heavy atom. The fourth-order valence-electron chi connectivity index (χ4n) is 2.79. The zero-order valence-electron chi connectivity index (χ0n) is 12.0. The topological polar surface area (TPSA) is 63.6 Å². The second kappa shape index (κ2) is 6.13. The van der Waals surface area contributed by atoms with Crippen LogP contribution in [0.5, 0.6) is 0 Å². The summed E-state index contributed by atoms with van der Waals surface area (Å²) in [4.78, 5) is 12.7. The highest BCUT2D eigenvalue weighted by Gasteiger charge is 2.19. The number of allylic oxidation sites excluding steroid dienone is 1. The summed E-state index contributed by atoms with van der Waals surface area (Å²) in [6, 6.07) is 14.2. The normalized spacial score (nSPS) is 16.3. The van der Waals surface area contributed by atoms with Gasteiger partial charge in [-0.05, 0) is 48.6 Å². The molecule has 0 aliphatic heterocycles. The Kier molecular flexibility index (Phi) is 4.04. The predicted molar refractivity (Wildman–Crippen MR) is 85.8 cm³/mol. The maximum atomic E-state index is 12.7. The molecule has 0 aromatic heterocycles. The third-order valence-electron chi connectivity index (χ3n) is 3.88. The first-order valence-electron chi connectivity index (χ1n) is 7.24. The fourth-order valence-corrected chi connectivity index (χ4v) is 2.79. The summed E-state index contributed by atoms with van der Waals surface area (Å²) in [6.07, 6.45) is 4.32. The average Bonchev–Trinajstić information content (AvgIpc) is 2.68. The lowest BCUT2D eigenvalue weighted by atomic mass is 9.98. The first-order chi connectivity index (χ1) is 10.6. The molecule has 0 heterocycles. The van der Waals surface area contributed by atoms with Gasteiger partial charge in [-0.15, -0.1) is 0 Å². The summed E-state index contributed by atoms with van der Waals surface area (Å²) in [5.74, 6) is 0.0430. The van der Waals surface area contributed by atoms with E-state index in [0.29, 0.717) is 6.42 Å². The largest absolute Gasteiger partial charge is 0.733 e. The molecule has 0 unspecified atom stereocenters. The van der Waals surface area contributed by atoms with E-state index < -0.39 is 0 Å². The van der Waals surface area contributed by atoms with E-state index in [9.17, 15) is 10.0 Å². The zero-order chi connectivity index (χ0) is 15.5. The molecular weight excluding hydrogens is 278 g/mol. The molecule has 4 heteroatoms. The molecule has 3 rings (SSSR count). The first kappa shape index (κ1) is 14.5. The van der Waals surface area contributed by atoms with Crippen molar-refractivity contribution in [1.29, 1.82) is 0 Å². The quantitative estimate of drug-likeness (QED) is 0.517. The number of hydrogen-bond acceptors (Lipinski definition) is 4. The lowest BCUT2D eigenvalue weighted by Crippen LogP contribution is -2.07. The summed E-state index contributed by atoms with van der Waals surface area (Å²) in [5, 5.41) is 19.8.